The van der Waals surface area contributed by atoms with E-state index in [0.29, 0.717) is 22.4 Å². The van der Waals surface area contributed by atoms with E-state index in [1.54, 1.807) is 36.4 Å². The normalized spacial score (nSPS) is 11.4. The molecule has 4 aromatic rings. The molecule has 0 saturated heterocycles. The van der Waals surface area contributed by atoms with Crippen LogP contribution in [0.25, 0.3) is 22.4 Å². The molecule has 0 unspecified atom stereocenters. The number of alkyl halides is 3. The number of hydrogen-bond acceptors (Lipinski definition) is 5. The average Bonchev–Trinajstić information content (AvgIpc) is 3.32. The molecular weight excluding hydrogens is 461 g/mol. The van der Waals surface area contributed by atoms with E-state index in [0.717, 1.165) is 12.1 Å². The number of carbonyl (C=O) groups is 2. The average molecular weight is 475 g/mol. The number of pyridine rings is 1. The number of nitrogens with one attached hydrogen (secondary N) is 1. The van der Waals surface area contributed by atoms with Gasteiger partial charge in [-0.15, -0.1) is 0 Å². The molecule has 0 fully saturated rings. The van der Waals surface area contributed by atoms with E-state index in [-0.39, 0.29) is 10.6 Å². The number of aromatic nitrogens is 1. The number of furan rings is 1. The van der Waals surface area contributed by atoms with E-state index in [9.17, 15) is 22.8 Å². The molecule has 1 amide bonds. The molecule has 0 radical (unpaired) electrons. The van der Waals surface area contributed by atoms with Gasteiger partial charge in [0.15, 0.2) is 12.4 Å². The highest BCUT2D eigenvalue weighted by atomic mass is 35.5. The number of benzene rings is 2. The van der Waals surface area contributed by atoms with Gasteiger partial charge in [-0.2, -0.15) is 13.2 Å². The molecular formula is C23H14ClF3N2O4. The summed E-state index contributed by atoms with van der Waals surface area (Å²) in [5.41, 5.74) is -0.733. The largest absolute Gasteiger partial charge is 0.463 e. The second kappa shape index (κ2) is 8.95. The summed E-state index contributed by atoms with van der Waals surface area (Å²) >= 11 is 5.83. The first-order chi connectivity index (χ1) is 15.7. The van der Waals surface area contributed by atoms with Crippen molar-refractivity contribution in [1.82, 2.24) is 4.98 Å². The molecule has 10 heteroatoms. The number of halogens is 4. The molecule has 4 rings (SSSR count). The minimum absolute atomic E-state index is 0.119. The summed E-state index contributed by atoms with van der Waals surface area (Å²) in [6.07, 6.45) is -3.28. The van der Waals surface area contributed by atoms with Crippen molar-refractivity contribution in [3.8, 4) is 11.5 Å². The first kappa shape index (κ1) is 22.3. The summed E-state index contributed by atoms with van der Waals surface area (Å²) in [7, 11) is 0. The highest BCUT2D eigenvalue weighted by molar-refractivity contribution is 6.34. The molecule has 33 heavy (non-hydrogen) atoms. The van der Waals surface area contributed by atoms with Crippen LogP contribution in [-0.2, 0) is 15.7 Å². The molecule has 0 aliphatic carbocycles. The lowest BCUT2D eigenvalue weighted by Crippen LogP contribution is -2.23. The van der Waals surface area contributed by atoms with Crippen LogP contribution < -0.4 is 5.32 Å². The molecule has 0 bridgehead atoms. The predicted molar refractivity (Wildman–Crippen MR) is 115 cm³/mol. The van der Waals surface area contributed by atoms with Gasteiger partial charge >= 0.3 is 12.1 Å². The minimum Gasteiger partial charge on any atom is -0.463 e. The fourth-order valence-electron chi connectivity index (χ4n) is 3.17. The highest BCUT2D eigenvalue weighted by Crippen LogP contribution is 2.38. The number of fused-ring (bicyclic) bond motifs is 1. The van der Waals surface area contributed by atoms with Gasteiger partial charge in [-0.25, -0.2) is 9.78 Å². The zero-order valence-electron chi connectivity index (χ0n) is 16.7. The van der Waals surface area contributed by atoms with Crippen molar-refractivity contribution in [2.75, 3.05) is 11.9 Å². The van der Waals surface area contributed by atoms with Gasteiger partial charge in [-0.3, -0.25) is 4.79 Å². The molecule has 0 saturated carbocycles. The lowest BCUT2D eigenvalue weighted by Gasteiger charge is -2.15. The third kappa shape index (κ3) is 4.83. The lowest BCUT2D eigenvalue weighted by molar-refractivity contribution is -0.137. The van der Waals surface area contributed by atoms with Crippen molar-refractivity contribution in [2.45, 2.75) is 6.18 Å². The van der Waals surface area contributed by atoms with E-state index in [1.807, 2.05) is 0 Å². The van der Waals surface area contributed by atoms with Gasteiger partial charge < -0.3 is 14.5 Å². The van der Waals surface area contributed by atoms with Crippen LogP contribution in [0.15, 0.2) is 71.3 Å². The van der Waals surface area contributed by atoms with Crippen LogP contribution in [0.4, 0.5) is 18.9 Å². The molecule has 0 aliphatic rings. The van der Waals surface area contributed by atoms with Gasteiger partial charge in [0.1, 0.15) is 5.69 Å². The van der Waals surface area contributed by atoms with Crippen molar-refractivity contribution in [3.63, 3.8) is 0 Å². The maximum atomic E-state index is 13.2. The van der Waals surface area contributed by atoms with Gasteiger partial charge in [0.2, 0.25) is 0 Å². The summed E-state index contributed by atoms with van der Waals surface area (Å²) in [5.74, 6) is -1.41. The third-order valence-electron chi connectivity index (χ3n) is 4.63. The molecule has 0 atom stereocenters. The highest BCUT2D eigenvalue weighted by Gasteiger charge is 2.35. The summed E-state index contributed by atoms with van der Waals surface area (Å²) in [5, 5.41) is 2.24. The number of anilines is 1. The summed E-state index contributed by atoms with van der Waals surface area (Å²) < 4.78 is 50.0. The molecule has 2 aromatic heterocycles. The van der Waals surface area contributed by atoms with Crippen LogP contribution in [0.1, 0.15) is 15.9 Å². The van der Waals surface area contributed by atoms with Crippen LogP contribution in [0.3, 0.4) is 0 Å². The number of ether oxygens (including phenoxy) is 1. The van der Waals surface area contributed by atoms with Crippen LogP contribution in [0.5, 0.6) is 0 Å². The molecule has 168 valence electrons. The number of para-hydroxylation sites is 2. The second-order valence-corrected chi connectivity index (χ2v) is 7.24. The number of carbonyl (C=O) groups excluding carboxylic acids is 2. The van der Waals surface area contributed by atoms with Crippen molar-refractivity contribution in [2.24, 2.45) is 0 Å². The third-order valence-corrected chi connectivity index (χ3v) is 4.94. The first-order valence-electron chi connectivity index (χ1n) is 9.50. The van der Waals surface area contributed by atoms with Crippen molar-refractivity contribution in [1.29, 1.82) is 0 Å². The number of hydrogen-bond donors (Lipinski definition) is 1. The Morgan fingerprint density at radius 2 is 1.85 bits per heavy atom. The standard InChI is InChI=1S/C23H14ClF3N2O4/c24-16-7-3-6-15(23(25,26)27)21(16)29-20(30)12-33-22(31)14-11-18(19-9-4-10-32-19)28-17-8-2-1-5-13(14)17/h1-11H,12H2,(H,29,30). The second-order valence-electron chi connectivity index (χ2n) is 6.83. The van der Waals surface area contributed by atoms with Crippen LogP contribution >= 0.6 is 11.6 Å². The molecule has 0 aliphatic heterocycles. The number of esters is 1. The number of nitrogens with zero attached hydrogens (tertiary/aromatic N) is 1. The first-order valence-corrected chi connectivity index (χ1v) is 9.88. The quantitative estimate of drug-likeness (QED) is 0.361. The predicted octanol–water partition coefficient (Wildman–Crippen LogP) is 5.96. The Kier molecular flexibility index (Phi) is 6.06. The number of rotatable bonds is 5. The van der Waals surface area contributed by atoms with Crippen molar-refractivity contribution in [3.05, 3.63) is 83.1 Å². The molecule has 0 spiro atoms. The van der Waals surface area contributed by atoms with E-state index in [4.69, 9.17) is 20.8 Å². The fraction of sp³-hybridized carbons (Fsp3) is 0.0870. The van der Waals surface area contributed by atoms with E-state index in [1.165, 1.54) is 18.4 Å². The Balaban J connectivity index is 1.55. The lowest BCUT2D eigenvalue weighted by atomic mass is 10.1. The van der Waals surface area contributed by atoms with Crippen LogP contribution in [-0.4, -0.2) is 23.5 Å². The SMILES string of the molecule is O=C(COC(=O)c1cc(-c2ccco2)nc2ccccc12)Nc1c(Cl)cccc1C(F)(F)F. The maximum Gasteiger partial charge on any atom is 0.418 e. The summed E-state index contributed by atoms with van der Waals surface area (Å²) in [6.45, 7) is -0.825. The van der Waals surface area contributed by atoms with E-state index >= 15 is 0 Å². The van der Waals surface area contributed by atoms with Gasteiger partial charge in [-0.1, -0.05) is 35.9 Å². The Bertz CT molecular complexity index is 1340. The molecule has 1 N–H and O–H groups in total. The maximum absolute atomic E-state index is 13.2. The fourth-order valence-corrected chi connectivity index (χ4v) is 3.39. The minimum atomic E-state index is -4.73. The molecule has 2 aromatic carbocycles. The zero-order chi connectivity index (χ0) is 23.6. The topological polar surface area (TPSA) is 81.4 Å². The monoisotopic (exact) mass is 474 g/mol. The van der Waals surface area contributed by atoms with Crippen LogP contribution in [0.2, 0.25) is 5.02 Å². The Hall–Kier alpha value is -3.85. The number of amides is 1. The van der Waals surface area contributed by atoms with Crippen molar-refractivity contribution >= 4 is 40.1 Å². The Morgan fingerprint density at radius 3 is 2.58 bits per heavy atom. The Labute approximate surface area is 189 Å². The van der Waals surface area contributed by atoms with Gasteiger partial charge in [0, 0.05) is 5.39 Å². The Morgan fingerprint density at radius 1 is 1.06 bits per heavy atom. The zero-order valence-corrected chi connectivity index (χ0v) is 17.4. The van der Waals surface area contributed by atoms with Gasteiger partial charge in [0.25, 0.3) is 5.91 Å². The summed E-state index contributed by atoms with van der Waals surface area (Å²) in [4.78, 5) is 29.5. The van der Waals surface area contributed by atoms with Gasteiger partial charge in [0.05, 0.1) is 33.6 Å². The smallest absolute Gasteiger partial charge is 0.418 e. The summed E-state index contributed by atoms with van der Waals surface area (Å²) in [6, 6.07) is 14.7. The van der Waals surface area contributed by atoms with Crippen molar-refractivity contribution < 1.29 is 31.9 Å². The molecule has 2 heterocycles. The van der Waals surface area contributed by atoms with Crippen LogP contribution in [0, 0.1) is 0 Å². The van der Waals surface area contributed by atoms with E-state index < -0.39 is 35.9 Å². The van der Waals surface area contributed by atoms with E-state index in [2.05, 4.69) is 10.3 Å². The van der Waals surface area contributed by atoms with Gasteiger partial charge in [-0.05, 0) is 36.4 Å². The molecule has 6 nitrogen and oxygen atoms in total.